The number of para-hydroxylation sites is 3. The van der Waals surface area contributed by atoms with Gasteiger partial charge in [0.2, 0.25) is 5.95 Å². The van der Waals surface area contributed by atoms with Crippen LogP contribution in [0.2, 0.25) is 0 Å². The fourth-order valence-corrected chi connectivity index (χ4v) is 8.53. The molecule has 0 aliphatic carbocycles. The molecule has 57 heavy (non-hydrogen) atoms. The summed E-state index contributed by atoms with van der Waals surface area (Å²) < 4.78 is 10.8. The van der Waals surface area contributed by atoms with Crippen LogP contribution in [-0.2, 0) is 0 Å². The van der Waals surface area contributed by atoms with E-state index in [0.717, 1.165) is 71.7 Å². The molecule has 0 fully saturated rings. The van der Waals surface area contributed by atoms with Gasteiger partial charge in [0, 0.05) is 61.5 Å². The number of fused-ring (bicyclic) bond motifs is 9. The van der Waals surface area contributed by atoms with E-state index < -0.39 is 0 Å². The summed E-state index contributed by atoms with van der Waals surface area (Å²) in [6.07, 6.45) is 3.59. The summed E-state index contributed by atoms with van der Waals surface area (Å²) >= 11 is 0. The van der Waals surface area contributed by atoms with Crippen molar-refractivity contribution < 1.29 is 4.42 Å². The molecule has 7 heteroatoms. The minimum absolute atomic E-state index is 0.534. The third-order valence-electron chi connectivity index (χ3n) is 11.1. The molecule has 7 nitrogen and oxygen atoms in total. The highest BCUT2D eigenvalue weighted by atomic mass is 16.3. The molecule has 12 aromatic rings. The van der Waals surface area contributed by atoms with E-state index in [4.69, 9.17) is 19.4 Å². The number of rotatable bonds is 5. The summed E-state index contributed by atoms with van der Waals surface area (Å²) in [5, 5.41) is 6.50. The summed E-state index contributed by atoms with van der Waals surface area (Å²) in [7, 11) is 0. The lowest BCUT2D eigenvalue weighted by Gasteiger charge is -2.12. The lowest BCUT2D eigenvalue weighted by molar-refractivity contribution is 0.668. The van der Waals surface area contributed by atoms with E-state index in [1.807, 2.05) is 60.8 Å². The number of furan rings is 1. The number of hydrogen-bond acceptors (Lipinski definition) is 5. The molecule has 0 N–H and O–H groups in total. The Balaban J connectivity index is 1.10. The van der Waals surface area contributed by atoms with E-state index in [1.165, 1.54) is 21.8 Å². The molecule has 7 aromatic carbocycles. The first-order chi connectivity index (χ1) is 28.3. The highest BCUT2D eigenvalue weighted by Crippen LogP contribution is 2.39. The topological polar surface area (TPSA) is 74.6 Å². The SMILES string of the molecule is c1ccc(-c2nc(-c3cccc4oc5ccncc5c34)nc(-n3c4ccccc4c4ccc(-c5ccc6c(c5)c5ccccc5n6-c5ccccc5)cc43)n2)cc1. The van der Waals surface area contributed by atoms with Gasteiger partial charge in [-0.15, -0.1) is 0 Å². The standard InChI is InChI=1S/C50H30N6O/c1-3-12-31(13-4-1)48-52-49(38-18-11-21-46-47(38)40-30-51-27-26-45(40)57-46)54-50(53-48)56-42-20-10-7-16-35(42)37-24-22-33(29-44(37)56)32-23-25-43-39(28-32)36-17-8-9-19-41(36)55(43)34-14-5-2-6-15-34/h1-30H. The van der Waals surface area contributed by atoms with Crippen molar-refractivity contribution in [1.82, 2.24) is 29.1 Å². The van der Waals surface area contributed by atoms with E-state index in [9.17, 15) is 0 Å². The Morgan fingerprint density at radius 3 is 1.91 bits per heavy atom. The second-order valence-electron chi connectivity index (χ2n) is 14.3. The second kappa shape index (κ2) is 12.3. The molecule has 266 valence electrons. The van der Waals surface area contributed by atoms with Gasteiger partial charge in [-0.1, -0.05) is 115 Å². The van der Waals surface area contributed by atoms with Crippen LogP contribution in [0.1, 0.15) is 0 Å². The smallest absolute Gasteiger partial charge is 0.238 e. The zero-order valence-electron chi connectivity index (χ0n) is 30.4. The normalized spacial score (nSPS) is 11.9. The van der Waals surface area contributed by atoms with Gasteiger partial charge in [-0.25, -0.2) is 4.98 Å². The van der Waals surface area contributed by atoms with E-state index in [0.29, 0.717) is 17.6 Å². The number of pyridine rings is 1. The molecule has 0 spiro atoms. The maximum absolute atomic E-state index is 6.26. The molecule has 0 saturated heterocycles. The number of benzene rings is 7. The molecular weight excluding hydrogens is 701 g/mol. The largest absolute Gasteiger partial charge is 0.456 e. The monoisotopic (exact) mass is 730 g/mol. The molecule has 0 bridgehead atoms. The Hall–Kier alpha value is -7.90. The molecule has 5 aromatic heterocycles. The van der Waals surface area contributed by atoms with Gasteiger partial charge in [0.05, 0.1) is 22.1 Å². The highest BCUT2D eigenvalue weighted by molar-refractivity contribution is 6.13. The minimum Gasteiger partial charge on any atom is -0.456 e. The minimum atomic E-state index is 0.534. The lowest BCUT2D eigenvalue weighted by atomic mass is 10.0. The van der Waals surface area contributed by atoms with Crippen LogP contribution in [0.4, 0.5) is 0 Å². The second-order valence-corrected chi connectivity index (χ2v) is 14.3. The van der Waals surface area contributed by atoms with E-state index in [1.54, 1.807) is 6.20 Å². The predicted octanol–water partition coefficient (Wildman–Crippen LogP) is 12.4. The Morgan fingerprint density at radius 2 is 1.07 bits per heavy atom. The third kappa shape index (κ3) is 4.86. The third-order valence-corrected chi connectivity index (χ3v) is 11.1. The van der Waals surface area contributed by atoms with Crippen LogP contribution >= 0.6 is 0 Å². The van der Waals surface area contributed by atoms with Crippen molar-refractivity contribution in [2.45, 2.75) is 0 Å². The molecular formula is C50H30N6O. The van der Waals surface area contributed by atoms with Gasteiger partial charge in [-0.2, -0.15) is 9.97 Å². The number of hydrogen-bond donors (Lipinski definition) is 0. The molecule has 0 amide bonds. The molecule has 0 unspecified atom stereocenters. The number of nitrogens with zero attached hydrogens (tertiary/aromatic N) is 6. The molecule has 0 saturated carbocycles. The van der Waals surface area contributed by atoms with Crippen LogP contribution < -0.4 is 0 Å². The van der Waals surface area contributed by atoms with Gasteiger partial charge in [-0.3, -0.25) is 9.55 Å². The van der Waals surface area contributed by atoms with Crippen LogP contribution in [0, 0.1) is 0 Å². The summed E-state index contributed by atoms with van der Waals surface area (Å²) in [6.45, 7) is 0. The summed E-state index contributed by atoms with van der Waals surface area (Å²) in [4.78, 5) is 20.1. The van der Waals surface area contributed by atoms with Crippen LogP contribution in [0.3, 0.4) is 0 Å². The summed E-state index contributed by atoms with van der Waals surface area (Å²) in [5.41, 5.74) is 11.0. The Kier molecular flexibility index (Phi) is 6.79. The first-order valence-electron chi connectivity index (χ1n) is 19.0. The van der Waals surface area contributed by atoms with E-state index in [-0.39, 0.29) is 0 Å². The molecule has 0 radical (unpaired) electrons. The van der Waals surface area contributed by atoms with Crippen molar-refractivity contribution >= 4 is 65.6 Å². The molecule has 0 atom stereocenters. The first kappa shape index (κ1) is 31.5. The average molecular weight is 731 g/mol. The van der Waals surface area contributed by atoms with Crippen molar-refractivity contribution in [1.29, 1.82) is 0 Å². The fraction of sp³-hybridized carbons (Fsp3) is 0. The van der Waals surface area contributed by atoms with Crippen LogP contribution in [0.15, 0.2) is 187 Å². The van der Waals surface area contributed by atoms with Crippen molar-refractivity contribution in [3.63, 3.8) is 0 Å². The number of aromatic nitrogens is 6. The average Bonchev–Trinajstić information content (AvgIpc) is 3.94. The van der Waals surface area contributed by atoms with Crippen molar-refractivity contribution in [3.05, 3.63) is 182 Å². The Labute approximate surface area is 325 Å². The van der Waals surface area contributed by atoms with Gasteiger partial charge in [0.25, 0.3) is 0 Å². The summed E-state index contributed by atoms with van der Waals surface area (Å²) in [5.74, 6) is 1.67. The first-order valence-corrected chi connectivity index (χ1v) is 19.0. The highest BCUT2D eigenvalue weighted by Gasteiger charge is 2.21. The van der Waals surface area contributed by atoms with Crippen molar-refractivity contribution in [2.75, 3.05) is 0 Å². The van der Waals surface area contributed by atoms with Crippen LogP contribution in [0.25, 0.3) is 111 Å². The van der Waals surface area contributed by atoms with Gasteiger partial charge in [-0.05, 0) is 65.7 Å². The van der Waals surface area contributed by atoms with Gasteiger partial charge in [0.15, 0.2) is 11.6 Å². The van der Waals surface area contributed by atoms with Crippen LogP contribution in [-0.4, -0.2) is 29.1 Å². The van der Waals surface area contributed by atoms with Gasteiger partial charge >= 0.3 is 0 Å². The molecule has 5 heterocycles. The maximum atomic E-state index is 6.26. The van der Waals surface area contributed by atoms with Crippen LogP contribution in [0.5, 0.6) is 0 Å². The Bertz CT molecular complexity index is 3530. The van der Waals surface area contributed by atoms with Gasteiger partial charge in [0.1, 0.15) is 11.2 Å². The zero-order valence-corrected chi connectivity index (χ0v) is 30.4. The van der Waals surface area contributed by atoms with E-state index >= 15 is 0 Å². The molecule has 0 aliphatic rings. The zero-order chi connectivity index (χ0) is 37.5. The fourth-order valence-electron chi connectivity index (χ4n) is 8.53. The molecule has 0 aliphatic heterocycles. The van der Waals surface area contributed by atoms with E-state index in [2.05, 4.69) is 129 Å². The quantitative estimate of drug-likeness (QED) is 0.176. The summed E-state index contributed by atoms with van der Waals surface area (Å²) in [6, 6.07) is 59.2. The maximum Gasteiger partial charge on any atom is 0.238 e. The van der Waals surface area contributed by atoms with Crippen molar-refractivity contribution in [2.24, 2.45) is 0 Å². The molecule has 12 rings (SSSR count). The van der Waals surface area contributed by atoms with Crippen molar-refractivity contribution in [3.8, 4) is 45.5 Å². The lowest BCUT2D eigenvalue weighted by Crippen LogP contribution is -2.06. The van der Waals surface area contributed by atoms with Gasteiger partial charge < -0.3 is 8.98 Å². The predicted molar refractivity (Wildman–Crippen MR) is 230 cm³/mol. The Morgan fingerprint density at radius 1 is 0.404 bits per heavy atom.